The smallest absolute Gasteiger partial charge is 0.295 e. The topological polar surface area (TPSA) is 66.6 Å². The van der Waals surface area contributed by atoms with Gasteiger partial charge in [0.1, 0.15) is 11.5 Å². The second-order valence-electron chi connectivity index (χ2n) is 3.97. The molecule has 0 atom stereocenters. The van der Waals surface area contributed by atoms with Crippen molar-refractivity contribution >= 4 is 27.3 Å². The first-order valence-electron chi connectivity index (χ1n) is 5.02. The average Bonchev–Trinajstić information content (AvgIpc) is 2.21. The Labute approximate surface area is 105 Å². The third-order valence-corrected chi connectivity index (χ3v) is 3.38. The standard InChI is InChI=1S/C10H10BrFN2O3/c11-7-1-9(13-3-6(4-13)5-15)10(14(16)17)2-8(7)12/h1-2,6,15H,3-5H2. The van der Waals surface area contributed by atoms with E-state index in [4.69, 9.17) is 5.11 Å². The molecule has 5 nitrogen and oxygen atoms in total. The maximum atomic E-state index is 13.2. The molecule has 1 N–H and O–H groups in total. The van der Waals surface area contributed by atoms with Crippen LogP contribution in [0.4, 0.5) is 15.8 Å². The van der Waals surface area contributed by atoms with Gasteiger partial charge in [-0.3, -0.25) is 10.1 Å². The summed E-state index contributed by atoms with van der Waals surface area (Å²) in [4.78, 5) is 12.0. The monoisotopic (exact) mass is 304 g/mol. The van der Waals surface area contributed by atoms with Gasteiger partial charge >= 0.3 is 0 Å². The lowest BCUT2D eigenvalue weighted by Gasteiger charge is -2.39. The van der Waals surface area contributed by atoms with Crippen LogP contribution in [0, 0.1) is 21.8 Å². The van der Waals surface area contributed by atoms with Gasteiger partial charge in [0.25, 0.3) is 5.69 Å². The quantitative estimate of drug-likeness (QED) is 0.684. The number of aliphatic hydroxyl groups is 1. The molecular formula is C10H10BrFN2O3. The van der Waals surface area contributed by atoms with Crippen molar-refractivity contribution in [1.82, 2.24) is 0 Å². The number of hydrogen-bond donors (Lipinski definition) is 1. The summed E-state index contributed by atoms with van der Waals surface area (Å²) in [5.41, 5.74) is 0.134. The lowest BCUT2D eigenvalue weighted by Crippen LogP contribution is -2.48. The van der Waals surface area contributed by atoms with E-state index in [0.717, 1.165) is 6.07 Å². The molecule has 1 heterocycles. The molecular weight excluding hydrogens is 295 g/mol. The summed E-state index contributed by atoms with van der Waals surface area (Å²) in [7, 11) is 0. The van der Waals surface area contributed by atoms with Crippen LogP contribution in [0.15, 0.2) is 16.6 Å². The first-order chi connectivity index (χ1) is 8.02. The summed E-state index contributed by atoms with van der Waals surface area (Å²) in [5, 5.41) is 19.7. The minimum absolute atomic E-state index is 0.0622. The first kappa shape index (κ1) is 12.3. The van der Waals surface area contributed by atoms with Crippen LogP contribution in [-0.4, -0.2) is 29.7 Å². The maximum Gasteiger partial charge on any atom is 0.295 e. The number of nitro groups is 1. The van der Waals surface area contributed by atoms with Gasteiger partial charge in [-0.1, -0.05) is 0 Å². The van der Waals surface area contributed by atoms with Crippen molar-refractivity contribution in [1.29, 1.82) is 0 Å². The Kier molecular flexibility index (Phi) is 3.30. The molecule has 1 aliphatic heterocycles. The van der Waals surface area contributed by atoms with Crippen molar-refractivity contribution in [3.8, 4) is 0 Å². The summed E-state index contributed by atoms with van der Waals surface area (Å²) < 4.78 is 13.4. The molecule has 7 heteroatoms. The molecule has 92 valence electrons. The largest absolute Gasteiger partial charge is 0.396 e. The van der Waals surface area contributed by atoms with Gasteiger partial charge in [-0.2, -0.15) is 0 Å². The second kappa shape index (κ2) is 4.58. The van der Waals surface area contributed by atoms with Gasteiger partial charge in [-0.15, -0.1) is 0 Å². The van der Waals surface area contributed by atoms with Crippen molar-refractivity contribution in [2.45, 2.75) is 0 Å². The van der Waals surface area contributed by atoms with E-state index < -0.39 is 10.7 Å². The molecule has 1 saturated heterocycles. The van der Waals surface area contributed by atoms with E-state index in [1.807, 2.05) is 0 Å². The first-order valence-corrected chi connectivity index (χ1v) is 5.81. The van der Waals surface area contributed by atoms with Crippen LogP contribution in [-0.2, 0) is 0 Å². The molecule has 2 rings (SSSR count). The number of nitro benzene ring substituents is 1. The van der Waals surface area contributed by atoms with Gasteiger partial charge in [0.2, 0.25) is 0 Å². The number of aliphatic hydroxyl groups excluding tert-OH is 1. The molecule has 0 spiro atoms. The molecule has 1 aromatic rings. The molecule has 0 amide bonds. The third-order valence-electron chi connectivity index (χ3n) is 2.77. The van der Waals surface area contributed by atoms with E-state index in [0.29, 0.717) is 18.8 Å². The summed E-state index contributed by atoms with van der Waals surface area (Å²) in [5.74, 6) is -0.516. The fraction of sp³-hybridized carbons (Fsp3) is 0.400. The predicted octanol–water partition coefficient (Wildman–Crippen LogP) is 1.92. The molecule has 0 saturated carbocycles. The SMILES string of the molecule is O=[N+]([O-])c1cc(F)c(Br)cc1N1CC(CO)C1. The van der Waals surface area contributed by atoms with Crippen molar-refractivity contribution in [3.63, 3.8) is 0 Å². The number of anilines is 1. The van der Waals surface area contributed by atoms with Crippen molar-refractivity contribution in [3.05, 3.63) is 32.5 Å². The Morgan fingerprint density at radius 3 is 2.76 bits per heavy atom. The lowest BCUT2D eigenvalue weighted by atomic mass is 10.00. The normalized spacial score (nSPS) is 15.8. The number of nitrogens with zero attached hydrogens (tertiary/aromatic N) is 2. The van der Waals surface area contributed by atoms with E-state index in [9.17, 15) is 14.5 Å². The number of rotatable bonds is 3. The fourth-order valence-corrected chi connectivity index (χ4v) is 2.14. The van der Waals surface area contributed by atoms with Crippen LogP contribution in [0.3, 0.4) is 0 Å². The minimum atomic E-state index is -0.653. The molecule has 0 radical (unpaired) electrons. The summed E-state index contributed by atoms with van der Waals surface area (Å²) in [6, 6.07) is 2.31. The number of hydrogen-bond acceptors (Lipinski definition) is 4. The van der Waals surface area contributed by atoms with Crippen molar-refractivity contribution in [2.75, 3.05) is 24.6 Å². The maximum absolute atomic E-state index is 13.2. The van der Waals surface area contributed by atoms with Gasteiger partial charge < -0.3 is 10.0 Å². The molecule has 0 aromatic heterocycles. The van der Waals surface area contributed by atoms with Crippen molar-refractivity contribution in [2.24, 2.45) is 5.92 Å². The van der Waals surface area contributed by atoms with Crippen LogP contribution in [0.2, 0.25) is 0 Å². The van der Waals surface area contributed by atoms with E-state index in [1.54, 1.807) is 4.90 Å². The Morgan fingerprint density at radius 2 is 2.24 bits per heavy atom. The zero-order valence-electron chi connectivity index (χ0n) is 8.77. The summed E-state index contributed by atoms with van der Waals surface area (Å²) >= 11 is 3.01. The average molecular weight is 305 g/mol. The van der Waals surface area contributed by atoms with E-state index in [-0.39, 0.29) is 22.7 Å². The molecule has 1 aliphatic rings. The van der Waals surface area contributed by atoms with Gasteiger partial charge in [-0.25, -0.2) is 4.39 Å². The number of halogens is 2. The summed E-state index contributed by atoms with van der Waals surface area (Å²) in [6.07, 6.45) is 0. The highest BCUT2D eigenvalue weighted by molar-refractivity contribution is 9.10. The highest BCUT2D eigenvalue weighted by atomic mass is 79.9. The highest BCUT2D eigenvalue weighted by Gasteiger charge is 2.31. The van der Waals surface area contributed by atoms with E-state index >= 15 is 0 Å². The Balaban J connectivity index is 2.33. The van der Waals surface area contributed by atoms with Gasteiger partial charge in [0.15, 0.2) is 0 Å². The van der Waals surface area contributed by atoms with Crippen LogP contribution in [0.5, 0.6) is 0 Å². The zero-order chi connectivity index (χ0) is 12.6. The van der Waals surface area contributed by atoms with Crippen LogP contribution >= 0.6 is 15.9 Å². The van der Waals surface area contributed by atoms with E-state index in [1.165, 1.54) is 6.07 Å². The molecule has 1 fully saturated rings. The Bertz CT molecular complexity index is 463. The van der Waals surface area contributed by atoms with E-state index in [2.05, 4.69) is 15.9 Å². The Morgan fingerprint density at radius 1 is 1.59 bits per heavy atom. The van der Waals surface area contributed by atoms with Gasteiger partial charge in [0.05, 0.1) is 15.5 Å². The zero-order valence-corrected chi connectivity index (χ0v) is 10.4. The van der Waals surface area contributed by atoms with Crippen molar-refractivity contribution < 1.29 is 14.4 Å². The minimum Gasteiger partial charge on any atom is -0.396 e. The molecule has 0 bridgehead atoms. The molecule has 17 heavy (non-hydrogen) atoms. The third kappa shape index (κ3) is 2.25. The van der Waals surface area contributed by atoms with Crippen LogP contribution in [0.25, 0.3) is 0 Å². The fourth-order valence-electron chi connectivity index (χ4n) is 1.81. The van der Waals surface area contributed by atoms with Gasteiger partial charge in [0, 0.05) is 25.6 Å². The predicted molar refractivity (Wildman–Crippen MR) is 63.5 cm³/mol. The molecule has 1 aromatic carbocycles. The molecule has 0 aliphatic carbocycles. The summed E-state index contributed by atoms with van der Waals surface area (Å²) in [6.45, 7) is 1.16. The highest BCUT2D eigenvalue weighted by Crippen LogP contribution is 2.36. The van der Waals surface area contributed by atoms with Gasteiger partial charge in [-0.05, 0) is 22.0 Å². The van der Waals surface area contributed by atoms with Crippen LogP contribution in [0.1, 0.15) is 0 Å². The molecule has 0 unspecified atom stereocenters. The van der Waals surface area contributed by atoms with Crippen LogP contribution < -0.4 is 4.90 Å². The second-order valence-corrected chi connectivity index (χ2v) is 4.82. The Hall–Kier alpha value is -1.21. The lowest BCUT2D eigenvalue weighted by molar-refractivity contribution is -0.384. The number of benzene rings is 1.